The molecule has 1 aromatic carbocycles. The van der Waals surface area contributed by atoms with E-state index in [0.29, 0.717) is 51.7 Å². The lowest BCUT2D eigenvalue weighted by Gasteiger charge is -2.39. The van der Waals surface area contributed by atoms with Crippen molar-refractivity contribution < 1.29 is 28.0 Å². The number of hydrogen-bond acceptors (Lipinski definition) is 9. The maximum Gasteiger partial charge on any atom is 0.407 e. The average molecular weight is 697 g/mol. The number of allylic oxidation sites excluding steroid dienone is 1. The largest absolute Gasteiger partial charge is 0.491 e. The number of aromatic nitrogens is 3. The van der Waals surface area contributed by atoms with Gasteiger partial charge < -0.3 is 28.6 Å². The molecule has 14 heteroatoms. The van der Waals surface area contributed by atoms with Crippen LogP contribution in [0.15, 0.2) is 51.5 Å². The number of halogens is 2. The van der Waals surface area contributed by atoms with Crippen molar-refractivity contribution in [2.75, 3.05) is 31.6 Å². The molecule has 2 aliphatic rings. The lowest BCUT2D eigenvalue weighted by Crippen LogP contribution is -2.49. The van der Waals surface area contributed by atoms with Crippen LogP contribution in [-0.2, 0) is 4.43 Å². The third kappa shape index (κ3) is 7.32. The summed E-state index contributed by atoms with van der Waals surface area (Å²) in [6.07, 6.45) is 1.76. The number of nitrogens with zero attached hydrogens (tertiary/aromatic N) is 6. The number of anilines is 1. The van der Waals surface area contributed by atoms with Crippen molar-refractivity contribution in [3.05, 3.63) is 64.0 Å². The SMILES string of the molecule is Cc1noc(C)c1-c1nc(-c2cc(OC[C@@H](CN(C)C(=O)O)O[Si](C)(C)C(C)(C)C)ccc2Cl)nc(N2C=C3CC(F)=CN=C3C2)c1C. The first kappa shape index (κ1) is 35.2. The van der Waals surface area contributed by atoms with Crippen LogP contribution in [0.1, 0.15) is 44.2 Å². The second-order valence-corrected chi connectivity index (χ2v) is 18.9. The van der Waals surface area contributed by atoms with E-state index < -0.39 is 20.5 Å². The Labute approximate surface area is 286 Å². The molecule has 5 rings (SSSR count). The number of aryl methyl sites for hydroxylation is 2. The molecule has 0 fully saturated rings. The number of carboxylic acid groups (broad SMARTS) is 1. The minimum Gasteiger partial charge on any atom is -0.491 e. The Bertz CT molecular complexity index is 1810. The van der Waals surface area contributed by atoms with E-state index >= 15 is 0 Å². The standard InChI is InChI=1S/C34H42ClFN6O5Si/c1-19-30(29-20(2)40-46-21(29)3)38-31(39-32(19)42-15-22-12-23(36)14-37-28(22)17-42)26-13-24(10-11-27(26)35)45-18-25(16-41(7)33(43)44)47-48(8,9)34(4,5)6/h10-11,13-15,25H,12,16-18H2,1-9H3,(H,43,44)/t25-/m1/s1. The highest BCUT2D eigenvalue weighted by Crippen LogP contribution is 2.40. The molecule has 0 spiro atoms. The van der Waals surface area contributed by atoms with Crippen LogP contribution in [0.4, 0.5) is 15.0 Å². The topological polar surface area (TPSA) is 126 Å². The summed E-state index contributed by atoms with van der Waals surface area (Å²) >= 11 is 6.79. The molecule has 0 radical (unpaired) electrons. The molecule has 4 heterocycles. The van der Waals surface area contributed by atoms with E-state index in [2.05, 4.69) is 44.0 Å². The van der Waals surface area contributed by atoms with Gasteiger partial charge in [0.15, 0.2) is 14.1 Å². The summed E-state index contributed by atoms with van der Waals surface area (Å²) in [5, 5.41) is 14.0. The maximum absolute atomic E-state index is 14.1. The number of benzene rings is 1. The van der Waals surface area contributed by atoms with Crippen LogP contribution >= 0.6 is 11.6 Å². The Hall–Kier alpha value is -4.07. The lowest BCUT2D eigenvalue weighted by molar-refractivity contribution is 0.0794. The first-order chi connectivity index (χ1) is 22.4. The van der Waals surface area contributed by atoms with Gasteiger partial charge in [-0.2, -0.15) is 0 Å². The molecule has 0 saturated heterocycles. The van der Waals surface area contributed by atoms with E-state index in [0.717, 1.165) is 22.4 Å². The minimum absolute atomic E-state index is 0.0831. The summed E-state index contributed by atoms with van der Waals surface area (Å²) in [6, 6.07) is 5.23. The van der Waals surface area contributed by atoms with Crippen molar-refractivity contribution in [1.29, 1.82) is 0 Å². The average Bonchev–Trinajstić information content (AvgIpc) is 3.57. The Balaban J connectivity index is 1.52. The van der Waals surface area contributed by atoms with E-state index in [1.54, 1.807) is 18.2 Å². The molecule has 0 aliphatic carbocycles. The predicted molar refractivity (Wildman–Crippen MR) is 187 cm³/mol. The molecule has 1 amide bonds. The van der Waals surface area contributed by atoms with Crippen molar-refractivity contribution in [3.63, 3.8) is 0 Å². The van der Waals surface area contributed by atoms with E-state index in [1.165, 1.54) is 18.1 Å². The van der Waals surface area contributed by atoms with Gasteiger partial charge in [-0.25, -0.2) is 19.2 Å². The van der Waals surface area contributed by atoms with Gasteiger partial charge in [-0.05, 0) is 62.7 Å². The molecular formula is C34H42ClFN6O5Si. The summed E-state index contributed by atoms with van der Waals surface area (Å²) in [7, 11) is -0.746. The Morgan fingerprint density at radius 3 is 2.60 bits per heavy atom. The zero-order valence-corrected chi connectivity index (χ0v) is 30.6. The van der Waals surface area contributed by atoms with Crippen LogP contribution in [0.5, 0.6) is 5.75 Å². The van der Waals surface area contributed by atoms with Gasteiger partial charge in [-0.15, -0.1) is 0 Å². The third-order valence-corrected chi connectivity index (χ3v) is 13.9. The molecule has 0 saturated carbocycles. The van der Waals surface area contributed by atoms with Gasteiger partial charge in [-0.1, -0.05) is 37.5 Å². The Kier molecular flexibility index (Phi) is 9.87. The summed E-state index contributed by atoms with van der Waals surface area (Å²) < 4.78 is 32.4. The fraction of sp³-hybridized carbons (Fsp3) is 0.441. The molecule has 0 bridgehead atoms. The van der Waals surface area contributed by atoms with Gasteiger partial charge in [0.1, 0.15) is 29.8 Å². The van der Waals surface area contributed by atoms with Gasteiger partial charge >= 0.3 is 6.09 Å². The molecule has 48 heavy (non-hydrogen) atoms. The van der Waals surface area contributed by atoms with E-state index in [9.17, 15) is 14.3 Å². The highest BCUT2D eigenvalue weighted by Gasteiger charge is 2.40. The first-order valence-corrected chi connectivity index (χ1v) is 19.0. The molecule has 256 valence electrons. The highest BCUT2D eigenvalue weighted by atomic mass is 35.5. The molecule has 1 atom stereocenters. The Morgan fingerprint density at radius 1 is 1.23 bits per heavy atom. The number of hydrogen-bond donors (Lipinski definition) is 1. The molecule has 1 N–H and O–H groups in total. The van der Waals surface area contributed by atoms with Crippen molar-refractivity contribution >= 4 is 37.5 Å². The fourth-order valence-corrected chi connectivity index (χ4v) is 6.91. The summed E-state index contributed by atoms with van der Waals surface area (Å²) in [4.78, 5) is 29.1. The second kappa shape index (κ2) is 13.4. The third-order valence-electron chi connectivity index (χ3n) is 9.07. The molecular weight excluding hydrogens is 655 g/mol. The van der Waals surface area contributed by atoms with Crippen molar-refractivity contribution in [3.8, 4) is 28.4 Å². The lowest BCUT2D eigenvalue weighted by atomic mass is 10.0. The van der Waals surface area contributed by atoms with Gasteiger partial charge in [0, 0.05) is 30.8 Å². The van der Waals surface area contributed by atoms with Gasteiger partial charge in [0.2, 0.25) is 0 Å². The van der Waals surface area contributed by atoms with E-state index in [-0.39, 0.29) is 30.4 Å². The number of carbonyl (C=O) groups is 1. The molecule has 2 aromatic heterocycles. The fourth-order valence-electron chi connectivity index (χ4n) is 5.38. The van der Waals surface area contributed by atoms with Crippen LogP contribution in [0.25, 0.3) is 22.6 Å². The number of likely N-dealkylation sites (N-methyl/N-ethyl adjacent to an activating group) is 1. The van der Waals surface area contributed by atoms with E-state index in [4.69, 9.17) is 35.3 Å². The predicted octanol–water partition coefficient (Wildman–Crippen LogP) is 8.12. The zero-order chi connectivity index (χ0) is 35.1. The molecule has 11 nitrogen and oxygen atoms in total. The number of amides is 1. The van der Waals surface area contributed by atoms with Crippen LogP contribution in [0, 0.1) is 20.8 Å². The van der Waals surface area contributed by atoms with E-state index in [1.807, 2.05) is 31.9 Å². The van der Waals surface area contributed by atoms with Crippen molar-refractivity contribution in [2.45, 2.75) is 72.2 Å². The molecule has 0 unspecified atom stereocenters. The highest BCUT2D eigenvalue weighted by molar-refractivity contribution is 6.74. The second-order valence-electron chi connectivity index (χ2n) is 13.8. The van der Waals surface area contributed by atoms with Crippen LogP contribution in [-0.4, -0.2) is 78.1 Å². The number of aliphatic imine (C=N–C) groups is 1. The zero-order valence-electron chi connectivity index (χ0n) is 28.8. The number of ether oxygens (including phenoxy) is 1. The monoisotopic (exact) mass is 696 g/mol. The number of rotatable bonds is 10. The summed E-state index contributed by atoms with van der Waals surface area (Å²) in [5.74, 6) is 1.77. The minimum atomic E-state index is -2.26. The quantitative estimate of drug-likeness (QED) is 0.209. The van der Waals surface area contributed by atoms with Crippen molar-refractivity contribution in [2.24, 2.45) is 4.99 Å². The van der Waals surface area contributed by atoms with Gasteiger partial charge in [0.25, 0.3) is 0 Å². The summed E-state index contributed by atoms with van der Waals surface area (Å²) in [5.41, 5.74) is 4.96. The Morgan fingerprint density at radius 2 is 1.96 bits per heavy atom. The first-order valence-electron chi connectivity index (χ1n) is 15.7. The maximum atomic E-state index is 14.1. The van der Waals surface area contributed by atoms with Crippen LogP contribution < -0.4 is 9.64 Å². The molecule has 3 aromatic rings. The normalized spacial score (nSPS) is 15.5. The molecule has 2 aliphatic heterocycles. The number of fused-ring (bicyclic) bond motifs is 1. The van der Waals surface area contributed by atoms with Crippen LogP contribution in [0.3, 0.4) is 0 Å². The van der Waals surface area contributed by atoms with Gasteiger partial charge in [0.05, 0.1) is 53.1 Å². The van der Waals surface area contributed by atoms with Crippen LogP contribution in [0.2, 0.25) is 23.2 Å². The van der Waals surface area contributed by atoms with Crippen molar-refractivity contribution in [1.82, 2.24) is 20.0 Å². The summed E-state index contributed by atoms with van der Waals surface area (Å²) in [6.45, 7) is 16.9. The smallest absolute Gasteiger partial charge is 0.407 e. The van der Waals surface area contributed by atoms with Gasteiger partial charge in [-0.3, -0.25) is 4.99 Å².